The van der Waals surface area contributed by atoms with Crippen LogP contribution in [0.3, 0.4) is 0 Å². The van der Waals surface area contributed by atoms with Crippen molar-refractivity contribution in [1.82, 2.24) is 0 Å². The molecule has 0 bridgehead atoms. The highest BCUT2D eigenvalue weighted by atomic mass is 79.9. The average molecular weight is 252 g/mol. The second kappa shape index (κ2) is 4.23. The minimum absolute atomic E-state index is 0.307. The molecule has 0 aliphatic rings. The summed E-state index contributed by atoms with van der Waals surface area (Å²) in [6, 6.07) is 5.06. The first-order valence-electron chi connectivity index (χ1n) is 3.39. The minimum atomic E-state index is -0.877. The molecule has 12 heavy (non-hydrogen) atoms. The molecule has 0 saturated carbocycles. The predicted molar refractivity (Wildman–Crippen MR) is 51.2 cm³/mol. The highest BCUT2D eigenvalue weighted by Gasteiger charge is 2.09. The summed E-state index contributed by atoms with van der Waals surface area (Å²) >= 11 is 8.95. The Labute approximate surface area is 83.9 Å². The van der Waals surface area contributed by atoms with Crippen LogP contribution in [0.2, 0.25) is 5.02 Å². The van der Waals surface area contributed by atoms with E-state index < -0.39 is 6.10 Å². The smallest absolute Gasteiger partial charge is 0.103 e. The molecule has 2 nitrogen and oxygen atoms in total. The predicted octanol–water partition coefficient (Wildman–Crippen LogP) is 2.13. The number of rotatable bonds is 2. The first-order valence-corrected chi connectivity index (χ1v) is 4.56. The molecule has 0 spiro atoms. The van der Waals surface area contributed by atoms with Gasteiger partial charge in [-0.2, -0.15) is 0 Å². The van der Waals surface area contributed by atoms with Crippen LogP contribution in [0, 0.1) is 0 Å². The fourth-order valence-corrected chi connectivity index (χ4v) is 1.56. The maximum absolute atomic E-state index is 9.30. The third-order valence-electron chi connectivity index (χ3n) is 1.49. The quantitative estimate of drug-likeness (QED) is 0.845. The van der Waals surface area contributed by atoms with Gasteiger partial charge in [-0.05, 0) is 23.8 Å². The Hall–Kier alpha value is -0.0900. The van der Waals surface area contributed by atoms with E-state index >= 15 is 0 Å². The van der Waals surface area contributed by atoms with E-state index in [1.165, 1.54) is 0 Å². The first-order chi connectivity index (χ1) is 5.65. The summed E-state index contributed by atoms with van der Waals surface area (Å²) < 4.78 is 0.744. The van der Waals surface area contributed by atoms with Crippen molar-refractivity contribution < 1.29 is 10.2 Å². The van der Waals surface area contributed by atoms with E-state index in [1.807, 2.05) is 0 Å². The van der Waals surface area contributed by atoms with E-state index in [0.29, 0.717) is 10.6 Å². The highest BCUT2D eigenvalue weighted by molar-refractivity contribution is 9.10. The molecule has 1 atom stereocenters. The third-order valence-corrected chi connectivity index (χ3v) is 2.45. The van der Waals surface area contributed by atoms with Crippen LogP contribution in [-0.4, -0.2) is 16.8 Å². The zero-order valence-corrected chi connectivity index (χ0v) is 8.51. The maximum Gasteiger partial charge on any atom is 0.103 e. The summed E-state index contributed by atoms with van der Waals surface area (Å²) in [6.45, 7) is -0.307. The van der Waals surface area contributed by atoms with Crippen molar-refractivity contribution in [3.8, 4) is 0 Å². The fourth-order valence-electron chi connectivity index (χ4n) is 0.868. The molecule has 1 unspecified atom stereocenters. The summed E-state index contributed by atoms with van der Waals surface area (Å²) in [5, 5.41) is 18.5. The Bertz CT molecular complexity index is 278. The maximum atomic E-state index is 9.30. The second-order valence-corrected chi connectivity index (χ2v) is 3.65. The highest BCUT2D eigenvalue weighted by Crippen LogP contribution is 2.26. The van der Waals surface area contributed by atoms with Gasteiger partial charge in [0.1, 0.15) is 6.10 Å². The number of hydrogen-bond acceptors (Lipinski definition) is 2. The molecule has 4 heteroatoms. The molecule has 0 heterocycles. The summed E-state index contributed by atoms with van der Waals surface area (Å²) in [4.78, 5) is 0. The van der Waals surface area contributed by atoms with E-state index in [9.17, 15) is 5.11 Å². The van der Waals surface area contributed by atoms with Gasteiger partial charge in [0.05, 0.1) is 6.61 Å². The molecule has 0 amide bonds. The molecule has 1 aromatic rings. The van der Waals surface area contributed by atoms with E-state index in [0.717, 1.165) is 4.47 Å². The zero-order chi connectivity index (χ0) is 9.14. The Morgan fingerprint density at radius 2 is 2.17 bits per heavy atom. The molecule has 0 saturated heterocycles. The van der Waals surface area contributed by atoms with Gasteiger partial charge >= 0.3 is 0 Å². The van der Waals surface area contributed by atoms with Gasteiger partial charge in [-0.3, -0.25) is 0 Å². The SMILES string of the molecule is OCC(O)c1cc(Cl)ccc1Br. The normalized spacial score (nSPS) is 13.0. The number of hydrogen-bond donors (Lipinski definition) is 2. The summed E-state index contributed by atoms with van der Waals surface area (Å²) in [6.07, 6.45) is -0.877. The lowest BCUT2D eigenvalue weighted by molar-refractivity contribution is 0.0951. The largest absolute Gasteiger partial charge is 0.393 e. The van der Waals surface area contributed by atoms with Gasteiger partial charge in [-0.15, -0.1) is 0 Å². The lowest BCUT2D eigenvalue weighted by atomic mass is 10.1. The van der Waals surface area contributed by atoms with Gasteiger partial charge in [0.15, 0.2) is 0 Å². The molecule has 0 aliphatic carbocycles. The molecule has 0 radical (unpaired) electrons. The summed E-state index contributed by atoms with van der Waals surface area (Å²) in [7, 11) is 0. The molecule has 66 valence electrons. The summed E-state index contributed by atoms with van der Waals surface area (Å²) in [5.41, 5.74) is 0.602. The Morgan fingerprint density at radius 1 is 1.50 bits per heavy atom. The number of halogens is 2. The van der Waals surface area contributed by atoms with Crippen molar-refractivity contribution in [2.45, 2.75) is 6.10 Å². The van der Waals surface area contributed by atoms with E-state index in [4.69, 9.17) is 16.7 Å². The number of benzene rings is 1. The standard InChI is InChI=1S/C8H8BrClO2/c9-7-2-1-5(10)3-6(7)8(12)4-11/h1-3,8,11-12H,4H2. The minimum Gasteiger partial charge on any atom is -0.393 e. The lowest BCUT2D eigenvalue weighted by Gasteiger charge is -2.09. The molecule has 0 aromatic heterocycles. The van der Waals surface area contributed by atoms with Crippen molar-refractivity contribution in [2.75, 3.05) is 6.61 Å². The third kappa shape index (κ3) is 2.20. The Kier molecular flexibility index (Phi) is 3.53. The molecular weight excluding hydrogens is 243 g/mol. The van der Waals surface area contributed by atoms with E-state index in [1.54, 1.807) is 18.2 Å². The molecule has 1 rings (SSSR count). The monoisotopic (exact) mass is 250 g/mol. The van der Waals surface area contributed by atoms with Crippen molar-refractivity contribution in [3.63, 3.8) is 0 Å². The Morgan fingerprint density at radius 3 is 2.75 bits per heavy atom. The number of aliphatic hydroxyl groups excluding tert-OH is 2. The molecule has 0 fully saturated rings. The second-order valence-electron chi connectivity index (χ2n) is 2.36. The average Bonchev–Trinajstić information content (AvgIpc) is 2.08. The van der Waals surface area contributed by atoms with Crippen molar-refractivity contribution in [3.05, 3.63) is 33.3 Å². The van der Waals surface area contributed by atoms with Gasteiger partial charge in [0, 0.05) is 9.50 Å². The van der Waals surface area contributed by atoms with Crippen LogP contribution in [-0.2, 0) is 0 Å². The van der Waals surface area contributed by atoms with Crippen LogP contribution in [0.15, 0.2) is 22.7 Å². The van der Waals surface area contributed by atoms with E-state index in [2.05, 4.69) is 15.9 Å². The molecular formula is C8H8BrClO2. The molecule has 2 N–H and O–H groups in total. The fraction of sp³-hybridized carbons (Fsp3) is 0.250. The van der Waals surface area contributed by atoms with E-state index in [-0.39, 0.29) is 6.61 Å². The van der Waals surface area contributed by atoms with Crippen LogP contribution in [0.4, 0.5) is 0 Å². The van der Waals surface area contributed by atoms with Gasteiger partial charge in [-0.25, -0.2) is 0 Å². The van der Waals surface area contributed by atoms with Crippen molar-refractivity contribution >= 4 is 27.5 Å². The van der Waals surface area contributed by atoms with Gasteiger partial charge in [0.25, 0.3) is 0 Å². The topological polar surface area (TPSA) is 40.5 Å². The van der Waals surface area contributed by atoms with Crippen LogP contribution >= 0.6 is 27.5 Å². The molecule has 0 aliphatic heterocycles. The van der Waals surface area contributed by atoms with Crippen molar-refractivity contribution in [2.24, 2.45) is 0 Å². The zero-order valence-electron chi connectivity index (χ0n) is 6.17. The van der Waals surface area contributed by atoms with Crippen LogP contribution in [0.5, 0.6) is 0 Å². The van der Waals surface area contributed by atoms with Gasteiger partial charge in [0.2, 0.25) is 0 Å². The van der Waals surface area contributed by atoms with Crippen molar-refractivity contribution in [1.29, 1.82) is 0 Å². The van der Waals surface area contributed by atoms with Gasteiger partial charge < -0.3 is 10.2 Å². The number of aliphatic hydroxyl groups is 2. The first kappa shape index (κ1) is 9.99. The lowest BCUT2D eigenvalue weighted by Crippen LogP contribution is -2.02. The summed E-state index contributed by atoms with van der Waals surface area (Å²) in [5.74, 6) is 0. The Balaban J connectivity index is 3.04. The van der Waals surface area contributed by atoms with Crippen LogP contribution < -0.4 is 0 Å². The van der Waals surface area contributed by atoms with Crippen LogP contribution in [0.1, 0.15) is 11.7 Å². The van der Waals surface area contributed by atoms with Crippen LogP contribution in [0.25, 0.3) is 0 Å². The van der Waals surface area contributed by atoms with Gasteiger partial charge in [-0.1, -0.05) is 27.5 Å². The molecule has 1 aromatic carbocycles.